The van der Waals surface area contributed by atoms with E-state index in [-0.39, 0.29) is 5.63 Å². The maximum atomic E-state index is 11.9. The lowest BCUT2D eigenvalue weighted by Crippen LogP contribution is -2.01. The molecule has 4 aromatic rings. The van der Waals surface area contributed by atoms with E-state index in [4.69, 9.17) is 9.15 Å². The smallest absolute Gasteiger partial charge is 0.336 e. The van der Waals surface area contributed by atoms with Crippen molar-refractivity contribution < 1.29 is 9.15 Å². The highest BCUT2D eigenvalue weighted by Gasteiger charge is 2.13. The van der Waals surface area contributed by atoms with Crippen LogP contribution in [0.15, 0.2) is 63.2 Å². The molecule has 0 aliphatic carbocycles. The van der Waals surface area contributed by atoms with Gasteiger partial charge < -0.3 is 13.7 Å². The summed E-state index contributed by atoms with van der Waals surface area (Å²) in [6.07, 6.45) is 3.47. The number of benzene rings is 1. The van der Waals surface area contributed by atoms with Gasteiger partial charge in [-0.05, 0) is 29.8 Å². The van der Waals surface area contributed by atoms with Gasteiger partial charge in [0.15, 0.2) is 11.0 Å². The fraction of sp³-hybridized carbons (Fsp3) is 0.158. The monoisotopic (exact) mass is 380 g/mol. The molecule has 0 saturated carbocycles. The van der Waals surface area contributed by atoms with Gasteiger partial charge in [0.2, 0.25) is 0 Å². The average molecular weight is 380 g/mol. The van der Waals surface area contributed by atoms with Crippen LogP contribution in [0.5, 0.6) is 5.75 Å². The topological polar surface area (TPSA) is 83.0 Å². The molecule has 0 radical (unpaired) electrons. The van der Waals surface area contributed by atoms with Gasteiger partial charge in [-0.25, -0.2) is 4.79 Å². The predicted molar refractivity (Wildman–Crippen MR) is 103 cm³/mol. The van der Waals surface area contributed by atoms with Crippen LogP contribution in [0.25, 0.3) is 22.4 Å². The number of aromatic nitrogens is 4. The molecule has 136 valence electrons. The van der Waals surface area contributed by atoms with E-state index in [0.29, 0.717) is 17.1 Å². The Bertz CT molecular complexity index is 1150. The van der Waals surface area contributed by atoms with Gasteiger partial charge in [-0.15, -0.1) is 10.2 Å². The lowest BCUT2D eigenvalue weighted by Gasteiger charge is -2.07. The zero-order chi connectivity index (χ0) is 18.8. The van der Waals surface area contributed by atoms with Crippen LogP contribution >= 0.6 is 11.8 Å². The number of pyridine rings is 1. The minimum atomic E-state index is -0.389. The van der Waals surface area contributed by atoms with E-state index in [9.17, 15) is 4.79 Å². The first-order chi connectivity index (χ1) is 13.2. The highest BCUT2D eigenvalue weighted by atomic mass is 32.2. The summed E-state index contributed by atoms with van der Waals surface area (Å²) < 4.78 is 12.4. The van der Waals surface area contributed by atoms with Gasteiger partial charge in [-0.2, -0.15) is 0 Å². The molecule has 4 rings (SSSR count). The van der Waals surface area contributed by atoms with Crippen LogP contribution in [0, 0.1) is 0 Å². The van der Waals surface area contributed by atoms with Crippen LogP contribution in [0.1, 0.15) is 5.56 Å². The highest BCUT2D eigenvalue weighted by Crippen LogP contribution is 2.29. The third-order valence-corrected chi connectivity index (χ3v) is 5.22. The van der Waals surface area contributed by atoms with Gasteiger partial charge in [0.25, 0.3) is 0 Å². The van der Waals surface area contributed by atoms with E-state index in [1.54, 1.807) is 25.6 Å². The Morgan fingerprint density at radius 1 is 1.22 bits per heavy atom. The molecule has 0 saturated heterocycles. The summed E-state index contributed by atoms with van der Waals surface area (Å²) in [7, 11) is 3.49. The van der Waals surface area contributed by atoms with E-state index < -0.39 is 0 Å². The predicted octanol–water partition coefficient (Wildman–Crippen LogP) is 3.28. The Morgan fingerprint density at radius 3 is 2.89 bits per heavy atom. The molecule has 27 heavy (non-hydrogen) atoms. The molecular weight excluding hydrogens is 364 g/mol. The zero-order valence-electron chi connectivity index (χ0n) is 14.7. The number of hydrogen-bond donors (Lipinski definition) is 0. The summed E-state index contributed by atoms with van der Waals surface area (Å²) in [6, 6.07) is 10.8. The molecule has 8 heteroatoms. The van der Waals surface area contributed by atoms with Crippen molar-refractivity contribution in [2.24, 2.45) is 7.05 Å². The van der Waals surface area contributed by atoms with Crippen molar-refractivity contribution in [3.63, 3.8) is 0 Å². The summed E-state index contributed by atoms with van der Waals surface area (Å²) in [5, 5.41) is 10.1. The summed E-state index contributed by atoms with van der Waals surface area (Å²) in [5.41, 5.74) is 1.89. The fourth-order valence-corrected chi connectivity index (χ4v) is 3.69. The number of thioether (sulfide) groups is 1. The van der Waals surface area contributed by atoms with Gasteiger partial charge in [-0.3, -0.25) is 4.98 Å². The van der Waals surface area contributed by atoms with Crippen molar-refractivity contribution in [3.05, 3.63) is 64.8 Å². The largest absolute Gasteiger partial charge is 0.497 e. The number of ether oxygens (including phenoxy) is 1. The number of nitrogens with zero attached hydrogens (tertiary/aromatic N) is 4. The van der Waals surface area contributed by atoms with Crippen molar-refractivity contribution in [1.82, 2.24) is 19.7 Å². The van der Waals surface area contributed by atoms with Gasteiger partial charge in [-0.1, -0.05) is 11.8 Å². The second kappa shape index (κ2) is 7.24. The highest BCUT2D eigenvalue weighted by molar-refractivity contribution is 7.98. The molecule has 0 atom stereocenters. The van der Waals surface area contributed by atoms with E-state index in [1.807, 2.05) is 35.9 Å². The standard InChI is InChI=1S/C19H16N4O3S/c1-23-18(12-4-3-7-20-10-12)21-22-19(23)27-11-13-8-17(24)26-16-9-14(25-2)5-6-15(13)16/h3-10H,11H2,1-2H3. The summed E-state index contributed by atoms with van der Waals surface area (Å²) >= 11 is 1.51. The molecule has 0 aliphatic rings. The first kappa shape index (κ1) is 17.3. The van der Waals surface area contributed by atoms with E-state index in [0.717, 1.165) is 27.5 Å². The van der Waals surface area contributed by atoms with Gasteiger partial charge in [0, 0.05) is 48.3 Å². The lowest BCUT2D eigenvalue weighted by molar-refractivity contribution is 0.414. The summed E-state index contributed by atoms with van der Waals surface area (Å²) in [4.78, 5) is 16.0. The Kier molecular flexibility index (Phi) is 4.64. The average Bonchev–Trinajstić information content (AvgIpc) is 3.06. The lowest BCUT2D eigenvalue weighted by atomic mass is 10.1. The molecule has 1 aromatic carbocycles. The van der Waals surface area contributed by atoms with E-state index >= 15 is 0 Å². The van der Waals surface area contributed by atoms with Crippen molar-refractivity contribution in [3.8, 4) is 17.1 Å². The normalized spacial score (nSPS) is 11.0. The third-order valence-electron chi connectivity index (χ3n) is 4.15. The number of fused-ring (bicyclic) bond motifs is 1. The molecule has 0 bridgehead atoms. The maximum absolute atomic E-state index is 11.9. The minimum Gasteiger partial charge on any atom is -0.497 e. The molecule has 3 heterocycles. The van der Waals surface area contributed by atoms with Gasteiger partial charge >= 0.3 is 5.63 Å². The number of methoxy groups -OCH3 is 1. The second-order valence-electron chi connectivity index (χ2n) is 5.85. The quantitative estimate of drug-likeness (QED) is 0.388. The number of rotatable bonds is 5. The first-order valence-electron chi connectivity index (χ1n) is 8.19. The first-order valence-corrected chi connectivity index (χ1v) is 9.17. The van der Waals surface area contributed by atoms with Gasteiger partial charge in [0.1, 0.15) is 11.3 Å². The van der Waals surface area contributed by atoms with Crippen LogP contribution < -0.4 is 10.4 Å². The van der Waals surface area contributed by atoms with Crippen molar-refractivity contribution in [1.29, 1.82) is 0 Å². The van der Waals surface area contributed by atoms with Crippen LogP contribution in [0.4, 0.5) is 0 Å². The summed E-state index contributed by atoms with van der Waals surface area (Å²) in [5.74, 6) is 1.95. The van der Waals surface area contributed by atoms with Crippen molar-refractivity contribution in [2.75, 3.05) is 7.11 Å². The van der Waals surface area contributed by atoms with Crippen molar-refractivity contribution in [2.45, 2.75) is 10.9 Å². The van der Waals surface area contributed by atoms with E-state index in [2.05, 4.69) is 15.2 Å². The fourth-order valence-electron chi connectivity index (χ4n) is 2.79. The second-order valence-corrected chi connectivity index (χ2v) is 6.79. The Morgan fingerprint density at radius 2 is 2.11 bits per heavy atom. The van der Waals surface area contributed by atoms with Gasteiger partial charge in [0.05, 0.1) is 7.11 Å². The maximum Gasteiger partial charge on any atom is 0.336 e. The number of hydrogen-bond acceptors (Lipinski definition) is 7. The molecule has 3 aromatic heterocycles. The Labute approximate surface area is 159 Å². The third kappa shape index (κ3) is 3.43. The molecular formula is C19H16N4O3S. The minimum absolute atomic E-state index is 0.389. The zero-order valence-corrected chi connectivity index (χ0v) is 15.6. The van der Waals surface area contributed by atoms with Crippen LogP contribution in [-0.2, 0) is 12.8 Å². The molecule has 0 amide bonds. The molecule has 0 unspecified atom stereocenters. The molecule has 7 nitrogen and oxygen atoms in total. The van der Waals surface area contributed by atoms with Crippen LogP contribution in [-0.4, -0.2) is 26.9 Å². The Hall–Kier alpha value is -3.13. The SMILES string of the molecule is COc1ccc2c(CSc3nnc(-c4cccnc4)n3C)cc(=O)oc2c1. The molecule has 0 aliphatic heterocycles. The van der Waals surface area contributed by atoms with E-state index in [1.165, 1.54) is 17.8 Å². The van der Waals surface area contributed by atoms with Crippen LogP contribution in [0.2, 0.25) is 0 Å². The molecule has 0 N–H and O–H groups in total. The molecule has 0 spiro atoms. The molecule has 0 fully saturated rings. The Balaban J connectivity index is 1.63. The van der Waals surface area contributed by atoms with Crippen LogP contribution in [0.3, 0.4) is 0 Å². The van der Waals surface area contributed by atoms with Crippen molar-refractivity contribution >= 4 is 22.7 Å². The summed E-state index contributed by atoms with van der Waals surface area (Å²) in [6.45, 7) is 0.